The Morgan fingerprint density at radius 3 is 1.77 bits per heavy atom. The lowest BCUT2D eigenvalue weighted by atomic mass is 10.1. The van der Waals surface area contributed by atoms with Crippen molar-refractivity contribution in [3.05, 3.63) is 54.1 Å². The van der Waals surface area contributed by atoms with Gasteiger partial charge in [-0.2, -0.15) is 0 Å². The summed E-state index contributed by atoms with van der Waals surface area (Å²) < 4.78 is 0. The smallest absolute Gasteiger partial charge is 0.233 e. The summed E-state index contributed by atoms with van der Waals surface area (Å²) >= 11 is 0. The van der Waals surface area contributed by atoms with Crippen LogP contribution in [0.15, 0.2) is 48.5 Å². The summed E-state index contributed by atoms with van der Waals surface area (Å²) in [5.74, 6) is -1.33. The average molecular weight is 353 g/mol. The highest BCUT2D eigenvalue weighted by atomic mass is 16.2. The zero-order valence-electron chi connectivity index (χ0n) is 14.5. The maximum atomic E-state index is 12.0. The summed E-state index contributed by atoms with van der Waals surface area (Å²) in [5.41, 5.74) is 1.93. The zero-order chi connectivity index (χ0) is 19.1. The van der Waals surface area contributed by atoms with Crippen molar-refractivity contribution in [1.29, 1.82) is 0 Å². The molecule has 0 atom stereocenters. The van der Waals surface area contributed by atoms with Gasteiger partial charge in [-0.25, -0.2) is 0 Å². The molecule has 0 radical (unpaired) electrons. The Balaban J connectivity index is 1.93. The van der Waals surface area contributed by atoms with Gasteiger partial charge in [0.05, 0.1) is 0 Å². The molecule has 0 aliphatic rings. The average Bonchev–Trinajstić information content (AvgIpc) is 2.54. The third kappa shape index (κ3) is 5.86. The number of hydrogen-bond donors (Lipinski definition) is 3. The number of amides is 3. The first-order valence-corrected chi connectivity index (χ1v) is 7.92. The number of rotatable bonds is 6. The van der Waals surface area contributed by atoms with E-state index in [1.165, 1.54) is 13.8 Å². The molecule has 0 aromatic heterocycles. The van der Waals surface area contributed by atoms with Crippen LogP contribution in [0.25, 0.3) is 0 Å². The van der Waals surface area contributed by atoms with Gasteiger partial charge in [-0.05, 0) is 37.3 Å². The summed E-state index contributed by atoms with van der Waals surface area (Å²) in [6.45, 7) is 2.82. The fourth-order valence-electron chi connectivity index (χ4n) is 2.25. The predicted octanol–water partition coefficient (Wildman–Crippen LogP) is 2.81. The van der Waals surface area contributed by atoms with Crippen molar-refractivity contribution < 1.29 is 19.2 Å². The van der Waals surface area contributed by atoms with Gasteiger partial charge in [0.25, 0.3) is 0 Å². The van der Waals surface area contributed by atoms with Gasteiger partial charge in [-0.3, -0.25) is 19.2 Å². The molecule has 7 nitrogen and oxygen atoms in total. The van der Waals surface area contributed by atoms with Gasteiger partial charge in [0.1, 0.15) is 6.42 Å². The number of ketones is 1. The van der Waals surface area contributed by atoms with Crippen LogP contribution < -0.4 is 16.0 Å². The van der Waals surface area contributed by atoms with E-state index in [4.69, 9.17) is 0 Å². The molecule has 0 fully saturated rings. The number of carbonyl (C=O) groups is 4. The van der Waals surface area contributed by atoms with Crippen molar-refractivity contribution >= 4 is 40.6 Å². The highest BCUT2D eigenvalue weighted by Gasteiger charge is 2.11. The van der Waals surface area contributed by atoms with Gasteiger partial charge in [0, 0.05) is 29.5 Å². The van der Waals surface area contributed by atoms with Crippen LogP contribution in [0.2, 0.25) is 0 Å². The molecule has 0 saturated heterocycles. The Bertz CT molecular complexity index is 861. The van der Waals surface area contributed by atoms with E-state index in [1.807, 2.05) is 0 Å². The first kappa shape index (κ1) is 18.9. The van der Waals surface area contributed by atoms with E-state index in [0.29, 0.717) is 22.6 Å². The van der Waals surface area contributed by atoms with E-state index in [0.717, 1.165) is 0 Å². The second-order valence-corrected chi connectivity index (χ2v) is 5.67. The number of anilines is 3. The van der Waals surface area contributed by atoms with Crippen molar-refractivity contribution in [2.45, 2.75) is 20.3 Å². The highest BCUT2D eigenvalue weighted by molar-refractivity contribution is 6.08. The van der Waals surface area contributed by atoms with Gasteiger partial charge in [0.2, 0.25) is 17.7 Å². The molecule has 0 unspecified atom stereocenters. The lowest BCUT2D eigenvalue weighted by Crippen LogP contribution is -2.21. The molecule has 0 spiro atoms. The Kier molecular flexibility index (Phi) is 6.21. The SMILES string of the molecule is CC(=O)Nc1cccc(NC(=O)CC(=O)Nc2cccc(C(C)=O)c2)c1. The van der Waals surface area contributed by atoms with Crippen molar-refractivity contribution in [1.82, 2.24) is 0 Å². The summed E-state index contributed by atoms with van der Waals surface area (Å²) in [6, 6.07) is 13.1. The second kappa shape index (κ2) is 8.57. The van der Waals surface area contributed by atoms with Gasteiger partial charge < -0.3 is 16.0 Å². The maximum Gasteiger partial charge on any atom is 0.233 e. The van der Waals surface area contributed by atoms with Gasteiger partial charge in [-0.1, -0.05) is 18.2 Å². The monoisotopic (exact) mass is 353 g/mol. The van der Waals surface area contributed by atoms with Gasteiger partial charge in [0.15, 0.2) is 5.78 Å². The molecule has 2 aromatic rings. The minimum atomic E-state index is -0.499. The number of carbonyl (C=O) groups excluding carboxylic acids is 4. The van der Waals surface area contributed by atoms with E-state index in [1.54, 1.807) is 48.5 Å². The quantitative estimate of drug-likeness (QED) is 0.548. The Labute approximate surface area is 150 Å². The van der Waals surface area contributed by atoms with Crippen molar-refractivity contribution in [2.24, 2.45) is 0 Å². The molecular weight excluding hydrogens is 334 g/mol. The van der Waals surface area contributed by atoms with Crippen LogP contribution >= 0.6 is 0 Å². The Morgan fingerprint density at radius 2 is 1.23 bits per heavy atom. The van der Waals surface area contributed by atoms with Crippen LogP contribution in [-0.2, 0) is 14.4 Å². The summed E-state index contributed by atoms with van der Waals surface area (Å²) in [4.78, 5) is 46.4. The molecular formula is C19H19N3O4. The highest BCUT2D eigenvalue weighted by Crippen LogP contribution is 2.16. The molecule has 0 heterocycles. The first-order valence-electron chi connectivity index (χ1n) is 7.92. The van der Waals surface area contributed by atoms with Crippen LogP contribution in [0.5, 0.6) is 0 Å². The van der Waals surface area contributed by atoms with Crippen molar-refractivity contribution in [2.75, 3.05) is 16.0 Å². The largest absolute Gasteiger partial charge is 0.326 e. The third-order valence-corrected chi connectivity index (χ3v) is 3.34. The summed E-state index contributed by atoms with van der Waals surface area (Å²) in [5, 5.41) is 7.79. The van der Waals surface area contributed by atoms with Crippen molar-refractivity contribution in [3.63, 3.8) is 0 Å². The summed E-state index contributed by atoms with van der Waals surface area (Å²) in [7, 11) is 0. The van der Waals surface area contributed by atoms with Gasteiger partial charge in [-0.15, -0.1) is 0 Å². The van der Waals surface area contributed by atoms with Crippen LogP contribution in [-0.4, -0.2) is 23.5 Å². The first-order chi connectivity index (χ1) is 12.3. The van der Waals surface area contributed by atoms with Crippen LogP contribution in [0.4, 0.5) is 17.1 Å². The predicted molar refractivity (Wildman–Crippen MR) is 99.1 cm³/mol. The number of hydrogen-bond acceptors (Lipinski definition) is 4. The fourth-order valence-corrected chi connectivity index (χ4v) is 2.25. The number of Topliss-reactive ketones (excluding diaryl/α,β-unsaturated/α-hetero) is 1. The Morgan fingerprint density at radius 1 is 0.731 bits per heavy atom. The molecule has 7 heteroatoms. The molecule has 0 bridgehead atoms. The molecule has 2 aromatic carbocycles. The molecule has 2 rings (SSSR count). The van der Waals surface area contributed by atoms with E-state index in [9.17, 15) is 19.2 Å². The van der Waals surface area contributed by atoms with Crippen molar-refractivity contribution in [3.8, 4) is 0 Å². The standard InChI is InChI=1S/C19H19N3O4/c1-12(23)14-5-3-6-15(9-14)21-18(25)11-19(26)22-17-8-4-7-16(10-17)20-13(2)24/h3-10H,11H2,1-2H3,(H,20,24)(H,21,25)(H,22,26). The minimum absolute atomic E-state index is 0.113. The van der Waals surface area contributed by atoms with Crippen LogP contribution in [0.1, 0.15) is 30.6 Å². The lowest BCUT2D eigenvalue weighted by Gasteiger charge is -2.09. The zero-order valence-corrected chi connectivity index (χ0v) is 14.5. The number of nitrogens with one attached hydrogen (secondary N) is 3. The minimum Gasteiger partial charge on any atom is -0.326 e. The van der Waals surface area contributed by atoms with Crippen LogP contribution in [0, 0.1) is 0 Å². The normalized spacial score (nSPS) is 9.92. The third-order valence-electron chi connectivity index (χ3n) is 3.34. The summed E-state index contributed by atoms with van der Waals surface area (Å²) in [6.07, 6.45) is -0.380. The molecule has 0 aliphatic heterocycles. The van der Waals surface area contributed by atoms with E-state index in [2.05, 4.69) is 16.0 Å². The molecule has 0 aliphatic carbocycles. The van der Waals surface area contributed by atoms with E-state index in [-0.39, 0.29) is 18.1 Å². The molecule has 3 N–H and O–H groups in total. The van der Waals surface area contributed by atoms with E-state index < -0.39 is 11.8 Å². The molecule has 3 amide bonds. The van der Waals surface area contributed by atoms with E-state index >= 15 is 0 Å². The number of benzene rings is 2. The molecule has 134 valence electrons. The molecule has 26 heavy (non-hydrogen) atoms. The maximum absolute atomic E-state index is 12.0. The van der Waals surface area contributed by atoms with Crippen LogP contribution in [0.3, 0.4) is 0 Å². The second-order valence-electron chi connectivity index (χ2n) is 5.67. The fraction of sp³-hybridized carbons (Fsp3) is 0.158. The molecule has 0 saturated carbocycles. The lowest BCUT2D eigenvalue weighted by molar-refractivity contribution is -0.123. The topological polar surface area (TPSA) is 104 Å². The van der Waals surface area contributed by atoms with Gasteiger partial charge >= 0.3 is 0 Å². The Hall–Kier alpha value is -3.48.